The molecule has 0 saturated carbocycles. The maximum atomic E-state index is 12.3. The number of ether oxygens (including phenoxy) is 2. The lowest BCUT2D eigenvalue weighted by molar-refractivity contribution is -0.142. The molecule has 5 nitrogen and oxygen atoms in total. The Morgan fingerprint density at radius 3 is 2.20 bits per heavy atom. The van der Waals surface area contributed by atoms with Crippen molar-refractivity contribution in [2.75, 3.05) is 33.9 Å². The molecule has 0 N–H and O–H groups in total. The van der Waals surface area contributed by atoms with Crippen molar-refractivity contribution in [3.63, 3.8) is 0 Å². The minimum absolute atomic E-state index is 0.0633. The summed E-state index contributed by atoms with van der Waals surface area (Å²) >= 11 is 0. The highest BCUT2D eigenvalue weighted by atomic mass is 16.5. The Bertz CT molecular complexity index is 309. The fraction of sp³-hybridized carbons (Fsp3) is 0.867. The number of esters is 1. The zero-order valence-corrected chi connectivity index (χ0v) is 13.7. The molecule has 20 heavy (non-hydrogen) atoms. The van der Waals surface area contributed by atoms with Crippen molar-refractivity contribution in [1.82, 2.24) is 4.90 Å². The third kappa shape index (κ3) is 7.48. The van der Waals surface area contributed by atoms with Gasteiger partial charge in [0.1, 0.15) is 0 Å². The van der Waals surface area contributed by atoms with Crippen LogP contribution >= 0.6 is 0 Å². The summed E-state index contributed by atoms with van der Waals surface area (Å²) in [7, 11) is 2.95. The molecule has 0 aromatic rings. The van der Waals surface area contributed by atoms with Crippen molar-refractivity contribution in [1.29, 1.82) is 0 Å². The van der Waals surface area contributed by atoms with Gasteiger partial charge in [0.25, 0.3) is 0 Å². The van der Waals surface area contributed by atoms with Crippen molar-refractivity contribution in [3.05, 3.63) is 0 Å². The number of carbonyl (C=O) groups excluding carboxylic acids is 2. The van der Waals surface area contributed by atoms with Crippen LogP contribution < -0.4 is 0 Å². The molecule has 0 aromatic carbocycles. The van der Waals surface area contributed by atoms with Crippen LogP contribution in [0.1, 0.15) is 40.5 Å². The number of carbonyl (C=O) groups is 2. The van der Waals surface area contributed by atoms with Gasteiger partial charge in [-0.05, 0) is 11.3 Å². The molecule has 0 heterocycles. The summed E-state index contributed by atoms with van der Waals surface area (Å²) in [6.45, 7) is 9.80. The Hall–Kier alpha value is -1.10. The molecular formula is C15H29NO4. The average Bonchev–Trinajstić information content (AvgIpc) is 2.36. The van der Waals surface area contributed by atoms with Crippen LogP contribution in [0.3, 0.4) is 0 Å². The van der Waals surface area contributed by atoms with E-state index >= 15 is 0 Å². The SMILES string of the molecule is COCCN(CCC(=O)OC)C(=O)CC(C)C(C)(C)C. The van der Waals surface area contributed by atoms with Gasteiger partial charge in [0, 0.05) is 26.6 Å². The van der Waals surface area contributed by atoms with E-state index in [-0.39, 0.29) is 29.6 Å². The van der Waals surface area contributed by atoms with Crippen LogP contribution in [-0.4, -0.2) is 50.7 Å². The summed E-state index contributed by atoms with van der Waals surface area (Å²) in [5, 5.41) is 0. The smallest absolute Gasteiger partial charge is 0.307 e. The number of nitrogens with zero attached hydrogens (tertiary/aromatic N) is 1. The standard InChI is InChI=1S/C15H29NO4/c1-12(15(2,3)4)11-13(17)16(9-10-19-5)8-7-14(18)20-6/h12H,7-11H2,1-6H3. The van der Waals surface area contributed by atoms with Gasteiger partial charge in [-0.3, -0.25) is 9.59 Å². The van der Waals surface area contributed by atoms with Crippen molar-refractivity contribution >= 4 is 11.9 Å². The molecule has 0 radical (unpaired) electrons. The Balaban J connectivity index is 4.51. The van der Waals surface area contributed by atoms with E-state index in [0.717, 1.165) is 0 Å². The first-order valence-electron chi connectivity index (χ1n) is 7.05. The van der Waals surface area contributed by atoms with Crippen molar-refractivity contribution in [2.24, 2.45) is 11.3 Å². The van der Waals surface area contributed by atoms with Gasteiger partial charge in [-0.2, -0.15) is 0 Å². The predicted molar refractivity (Wildman–Crippen MR) is 78.3 cm³/mol. The maximum Gasteiger partial charge on any atom is 0.307 e. The second kappa shape index (κ2) is 8.95. The number of amides is 1. The van der Waals surface area contributed by atoms with Crippen molar-refractivity contribution < 1.29 is 19.1 Å². The average molecular weight is 287 g/mol. The molecule has 0 aromatic heterocycles. The summed E-state index contributed by atoms with van der Waals surface area (Å²) in [4.78, 5) is 25.2. The Labute approximate surface area is 122 Å². The molecule has 0 saturated heterocycles. The van der Waals surface area contributed by atoms with Crippen molar-refractivity contribution in [3.8, 4) is 0 Å². The van der Waals surface area contributed by atoms with Crippen LogP contribution in [0.5, 0.6) is 0 Å². The quantitative estimate of drug-likeness (QED) is 0.642. The van der Waals surface area contributed by atoms with Crippen LogP contribution in [0, 0.1) is 11.3 Å². The van der Waals surface area contributed by atoms with Crippen LogP contribution in [-0.2, 0) is 19.1 Å². The maximum absolute atomic E-state index is 12.3. The summed E-state index contributed by atoms with van der Waals surface area (Å²) in [6.07, 6.45) is 0.699. The van der Waals surface area contributed by atoms with E-state index in [1.807, 2.05) is 0 Å². The lowest BCUT2D eigenvalue weighted by Crippen LogP contribution is -2.37. The normalized spacial score (nSPS) is 12.9. The topological polar surface area (TPSA) is 55.8 Å². The molecule has 1 unspecified atom stereocenters. The van der Waals surface area contributed by atoms with Gasteiger partial charge in [0.2, 0.25) is 5.91 Å². The van der Waals surface area contributed by atoms with Gasteiger partial charge in [0.15, 0.2) is 0 Å². The third-order valence-electron chi connectivity index (χ3n) is 3.69. The lowest BCUT2D eigenvalue weighted by atomic mass is 9.80. The molecule has 118 valence electrons. The highest BCUT2D eigenvalue weighted by Crippen LogP contribution is 2.28. The number of hydrogen-bond donors (Lipinski definition) is 0. The number of hydrogen-bond acceptors (Lipinski definition) is 4. The third-order valence-corrected chi connectivity index (χ3v) is 3.69. The first-order valence-corrected chi connectivity index (χ1v) is 7.05. The molecule has 0 aliphatic rings. The Morgan fingerprint density at radius 1 is 1.15 bits per heavy atom. The zero-order chi connectivity index (χ0) is 15.8. The second-order valence-electron chi connectivity index (χ2n) is 6.17. The highest BCUT2D eigenvalue weighted by molar-refractivity contribution is 5.77. The Morgan fingerprint density at radius 2 is 1.75 bits per heavy atom. The van der Waals surface area contributed by atoms with E-state index in [1.165, 1.54) is 7.11 Å². The van der Waals surface area contributed by atoms with E-state index in [1.54, 1.807) is 12.0 Å². The molecule has 1 amide bonds. The van der Waals surface area contributed by atoms with Gasteiger partial charge in [-0.1, -0.05) is 27.7 Å². The minimum Gasteiger partial charge on any atom is -0.469 e. The van der Waals surface area contributed by atoms with Crippen molar-refractivity contribution in [2.45, 2.75) is 40.5 Å². The molecule has 1 atom stereocenters. The van der Waals surface area contributed by atoms with Gasteiger partial charge in [0.05, 0.1) is 20.1 Å². The van der Waals surface area contributed by atoms with Gasteiger partial charge in [-0.25, -0.2) is 0 Å². The molecule has 0 rings (SSSR count). The van der Waals surface area contributed by atoms with E-state index in [2.05, 4.69) is 32.4 Å². The molecule has 5 heteroatoms. The molecule has 0 bridgehead atoms. The number of rotatable bonds is 8. The lowest BCUT2D eigenvalue weighted by Gasteiger charge is -2.29. The van der Waals surface area contributed by atoms with E-state index in [9.17, 15) is 9.59 Å². The molecule has 0 aliphatic carbocycles. The van der Waals surface area contributed by atoms with Crippen LogP contribution in [0.25, 0.3) is 0 Å². The summed E-state index contributed by atoms with van der Waals surface area (Å²) in [6, 6.07) is 0. The van der Waals surface area contributed by atoms with E-state index in [4.69, 9.17) is 4.74 Å². The first-order chi connectivity index (χ1) is 9.22. The second-order valence-corrected chi connectivity index (χ2v) is 6.17. The van der Waals surface area contributed by atoms with Crippen LogP contribution in [0.4, 0.5) is 0 Å². The van der Waals surface area contributed by atoms with Gasteiger partial charge >= 0.3 is 5.97 Å². The summed E-state index contributed by atoms with van der Waals surface area (Å²) in [5.74, 6) is 0.0376. The predicted octanol–water partition coefficient (Wildman–Crippen LogP) is 2.10. The molecule has 0 aliphatic heterocycles. The highest BCUT2D eigenvalue weighted by Gasteiger charge is 2.25. The Kier molecular flexibility index (Phi) is 8.46. The molecule has 0 fully saturated rings. The van der Waals surface area contributed by atoms with E-state index < -0.39 is 0 Å². The minimum atomic E-state index is -0.302. The fourth-order valence-corrected chi connectivity index (χ4v) is 1.59. The van der Waals surface area contributed by atoms with E-state index in [0.29, 0.717) is 26.1 Å². The largest absolute Gasteiger partial charge is 0.469 e. The monoisotopic (exact) mass is 287 g/mol. The first kappa shape index (κ1) is 18.9. The van der Waals surface area contributed by atoms with Crippen LogP contribution in [0.2, 0.25) is 0 Å². The molecular weight excluding hydrogens is 258 g/mol. The fourth-order valence-electron chi connectivity index (χ4n) is 1.59. The summed E-state index contributed by atoms with van der Waals surface area (Å²) < 4.78 is 9.63. The zero-order valence-electron chi connectivity index (χ0n) is 13.7. The summed E-state index contributed by atoms with van der Waals surface area (Å²) in [5.41, 5.74) is 0.0882. The van der Waals surface area contributed by atoms with Gasteiger partial charge < -0.3 is 14.4 Å². The molecule has 0 spiro atoms. The number of methoxy groups -OCH3 is 2. The van der Waals surface area contributed by atoms with Crippen LogP contribution in [0.15, 0.2) is 0 Å². The van der Waals surface area contributed by atoms with Gasteiger partial charge in [-0.15, -0.1) is 0 Å².